The SMILES string of the molecule is Cc1cc(C(=O)N2CCN(c3ccnc(N4CCCCC4)n3)CC2)no1. The molecule has 0 aromatic carbocycles. The van der Waals surface area contributed by atoms with Gasteiger partial charge >= 0.3 is 0 Å². The van der Waals surface area contributed by atoms with Crippen LogP contribution in [-0.4, -0.2) is 65.2 Å². The van der Waals surface area contributed by atoms with Gasteiger partial charge in [-0.25, -0.2) is 4.98 Å². The summed E-state index contributed by atoms with van der Waals surface area (Å²) in [4.78, 5) is 28.0. The van der Waals surface area contributed by atoms with Gasteiger partial charge in [0, 0.05) is 51.5 Å². The van der Waals surface area contributed by atoms with Crippen molar-refractivity contribution in [3.8, 4) is 0 Å². The van der Waals surface area contributed by atoms with Crippen LogP contribution in [-0.2, 0) is 0 Å². The Balaban J connectivity index is 1.39. The number of carbonyl (C=O) groups excluding carboxylic acids is 1. The summed E-state index contributed by atoms with van der Waals surface area (Å²) < 4.78 is 5.01. The predicted octanol–water partition coefficient (Wildman–Crippen LogP) is 1.73. The number of aromatic nitrogens is 3. The largest absolute Gasteiger partial charge is 0.361 e. The van der Waals surface area contributed by atoms with Crippen molar-refractivity contribution in [2.75, 3.05) is 49.1 Å². The second-order valence-electron chi connectivity index (χ2n) is 6.86. The number of carbonyl (C=O) groups is 1. The first kappa shape index (κ1) is 16.8. The molecule has 0 atom stereocenters. The van der Waals surface area contributed by atoms with E-state index in [2.05, 4.69) is 19.9 Å². The molecule has 0 unspecified atom stereocenters. The fourth-order valence-corrected chi connectivity index (χ4v) is 3.53. The van der Waals surface area contributed by atoms with Crippen molar-refractivity contribution < 1.29 is 9.32 Å². The van der Waals surface area contributed by atoms with E-state index in [1.807, 2.05) is 17.2 Å². The van der Waals surface area contributed by atoms with E-state index in [0.717, 1.165) is 37.9 Å². The van der Waals surface area contributed by atoms with Gasteiger partial charge in [-0.2, -0.15) is 4.98 Å². The normalized spacial score (nSPS) is 18.3. The first-order valence-corrected chi connectivity index (χ1v) is 9.26. The highest BCUT2D eigenvalue weighted by atomic mass is 16.5. The second-order valence-corrected chi connectivity index (χ2v) is 6.86. The maximum atomic E-state index is 12.5. The molecular formula is C18H24N6O2. The molecule has 2 fully saturated rings. The minimum absolute atomic E-state index is 0.0711. The zero-order valence-electron chi connectivity index (χ0n) is 15.1. The molecule has 2 aliphatic heterocycles. The van der Waals surface area contributed by atoms with Crippen LogP contribution < -0.4 is 9.80 Å². The highest BCUT2D eigenvalue weighted by Gasteiger charge is 2.25. The van der Waals surface area contributed by atoms with Crippen molar-refractivity contribution in [3.05, 3.63) is 29.8 Å². The average molecular weight is 356 g/mol. The minimum atomic E-state index is -0.0711. The number of amides is 1. The summed E-state index contributed by atoms with van der Waals surface area (Å²) in [6.45, 7) is 6.64. The molecule has 2 aromatic heterocycles. The van der Waals surface area contributed by atoms with Crippen molar-refractivity contribution in [2.24, 2.45) is 0 Å². The van der Waals surface area contributed by atoms with E-state index >= 15 is 0 Å². The lowest BCUT2D eigenvalue weighted by molar-refractivity contribution is 0.0736. The molecule has 138 valence electrons. The van der Waals surface area contributed by atoms with Gasteiger partial charge in [0.2, 0.25) is 5.95 Å². The lowest BCUT2D eigenvalue weighted by Gasteiger charge is -2.35. The summed E-state index contributed by atoms with van der Waals surface area (Å²) >= 11 is 0. The van der Waals surface area contributed by atoms with E-state index in [1.165, 1.54) is 19.3 Å². The number of anilines is 2. The van der Waals surface area contributed by atoms with Crippen LogP contribution >= 0.6 is 0 Å². The summed E-state index contributed by atoms with van der Waals surface area (Å²) in [6, 6.07) is 3.63. The van der Waals surface area contributed by atoms with Gasteiger partial charge in [-0.1, -0.05) is 5.16 Å². The minimum Gasteiger partial charge on any atom is -0.361 e. The van der Waals surface area contributed by atoms with Crippen molar-refractivity contribution in [1.29, 1.82) is 0 Å². The van der Waals surface area contributed by atoms with Crippen molar-refractivity contribution >= 4 is 17.7 Å². The summed E-state index contributed by atoms with van der Waals surface area (Å²) in [6.07, 6.45) is 5.53. The number of nitrogens with zero attached hydrogens (tertiary/aromatic N) is 6. The fourth-order valence-electron chi connectivity index (χ4n) is 3.53. The Morgan fingerprint density at radius 3 is 2.50 bits per heavy atom. The smallest absolute Gasteiger partial charge is 0.276 e. The molecule has 8 nitrogen and oxygen atoms in total. The van der Waals surface area contributed by atoms with E-state index in [1.54, 1.807) is 13.0 Å². The molecule has 4 rings (SSSR count). The lowest BCUT2D eigenvalue weighted by Crippen LogP contribution is -2.49. The number of hydrogen-bond acceptors (Lipinski definition) is 7. The zero-order chi connectivity index (χ0) is 17.9. The van der Waals surface area contributed by atoms with E-state index in [-0.39, 0.29) is 5.91 Å². The van der Waals surface area contributed by atoms with Crippen LogP contribution in [0, 0.1) is 6.92 Å². The quantitative estimate of drug-likeness (QED) is 0.828. The van der Waals surface area contributed by atoms with E-state index in [0.29, 0.717) is 24.5 Å². The average Bonchev–Trinajstić information content (AvgIpc) is 3.15. The maximum Gasteiger partial charge on any atom is 0.276 e. The monoisotopic (exact) mass is 356 g/mol. The van der Waals surface area contributed by atoms with Crippen LogP contribution in [0.15, 0.2) is 22.9 Å². The Kier molecular flexibility index (Phi) is 4.73. The molecule has 2 aliphatic rings. The second kappa shape index (κ2) is 7.31. The highest BCUT2D eigenvalue weighted by molar-refractivity contribution is 5.92. The van der Waals surface area contributed by atoms with Crippen LogP contribution in [0.4, 0.5) is 11.8 Å². The zero-order valence-corrected chi connectivity index (χ0v) is 15.1. The van der Waals surface area contributed by atoms with E-state index < -0.39 is 0 Å². The Morgan fingerprint density at radius 2 is 1.81 bits per heavy atom. The van der Waals surface area contributed by atoms with Gasteiger partial charge in [0.05, 0.1) is 0 Å². The third-order valence-electron chi connectivity index (χ3n) is 5.01. The summed E-state index contributed by atoms with van der Waals surface area (Å²) in [5.74, 6) is 2.33. The Hall–Kier alpha value is -2.64. The highest BCUT2D eigenvalue weighted by Crippen LogP contribution is 2.20. The van der Waals surface area contributed by atoms with E-state index in [9.17, 15) is 4.79 Å². The Morgan fingerprint density at radius 1 is 1.04 bits per heavy atom. The summed E-state index contributed by atoms with van der Waals surface area (Å²) in [5.41, 5.74) is 0.380. The molecule has 26 heavy (non-hydrogen) atoms. The molecule has 2 aromatic rings. The van der Waals surface area contributed by atoms with Crippen LogP contribution in [0.1, 0.15) is 35.5 Å². The maximum absolute atomic E-state index is 12.5. The molecule has 0 aliphatic carbocycles. The van der Waals surface area contributed by atoms with Gasteiger partial charge in [-0.15, -0.1) is 0 Å². The number of piperazine rings is 1. The van der Waals surface area contributed by atoms with Gasteiger partial charge in [-0.3, -0.25) is 4.79 Å². The number of hydrogen-bond donors (Lipinski definition) is 0. The lowest BCUT2D eigenvalue weighted by atomic mass is 10.1. The van der Waals surface area contributed by atoms with Crippen LogP contribution in [0.5, 0.6) is 0 Å². The third-order valence-corrected chi connectivity index (χ3v) is 5.01. The molecule has 0 spiro atoms. The van der Waals surface area contributed by atoms with Crippen LogP contribution in [0.2, 0.25) is 0 Å². The molecule has 4 heterocycles. The predicted molar refractivity (Wildman–Crippen MR) is 97.5 cm³/mol. The Labute approximate surface area is 152 Å². The Bertz CT molecular complexity index is 763. The molecule has 2 saturated heterocycles. The fraction of sp³-hybridized carbons (Fsp3) is 0.556. The van der Waals surface area contributed by atoms with Gasteiger partial charge in [0.15, 0.2) is 5.69 Å². The van der Waals surface area contributed by atoms with Gasteiger partial charge in [-0.05, 0) is 32.3 Å². The number of rotatable bonds is 3. The topological polar surface area (TPSA) is 78.6 Å². The van der Waals surface area contributed by atoms with Crippen LogP contribution in [0.25, 0.3) is 0 Å². The molecular weight excluding hydrogens is 332 g/mol. The van der Waals surface area contributed by atoms with Gasteiger partial charge in [0.25, 0.3) is 5.91 Å². The van der Waals surface area contributed by atoms with Crippen molar-refractivity contribution in [1.82, 2.24) is 20.0 Å². The van der Waals surface area contributed by atoms with Gasteiger partial charge in [0.1, 0.15) is 11.6 Å². The molecule has 8 heteroatoms. The molecule has 1 amide bonds. The molecule has 0 N–H and O–H groups in total. The van der Waals surface area contributed by atoms with Crippen LogP contribution in [0.3, 0.4) is 0 Å². The molecule has 0 radical (unpaired) electrons. The van der Waals surface area contributed by atoms with Crippen molar-refractivity contribution in [3.63, 3.8) is 0 Å². The van der Waals surface area contributed by atoms with E-state index in [4.69, 9.17) is 9.51 Å². The summed E-state index contributed by atoms with van der Waals surface area (Å²) in [5, 5.41) is 3.83. The standard InChI is InChI=1S/C18H24N6O2/c1-14-13-15(21-26-14)17(25)23-11-9-22(10-12-23)16-5-6-19-18(20-16)24-7-3-2-4-8-24/h5-6,13H,2-4,7-12H2,1H3. The molecule has 0 saturated carbocycles. The van der Waals surface area contributed by atoms with Crippen molar-refractivity contribution in [2.45, 2.75) is 26.2 Å². The number of piperidine rings is 1. The molecule has 0 bridgehead atoms. The first-order valence-electron chi connectivity index (χ1n) is 9.26. The third kappa shape index (κ3) is 3.49. The summed E-state index contributed by atoms with van der Waals surface area (Å²) in [7, 11) is 0. The number of aryl methyl sites for hydroxylation is 1. The first-order chi connectivity index (χ1) is 12.7. The van der Waals surface area contributed by atoms with Gasteiger partial charge < -0.3 is 19.2 Å².